The van der Waals surface area contributed by atoms with Gasteiger partial charge in [-0.15, -0.1) is 0 Å². The molecule has 0 spiro atoms. The SMILES string of the molecule is CCCNC(=O)Cn1ccnc1CCC. The van der Waals surface area contributed by atoms with Crippen molar-refractivity contribution < 1.29 is 4.79 Å². The third-order valence-corrected chi connectivity index (χ3v) is 2.16. The van der Waals surface area contributed by atoms with Crippen LogP contribution < -0.4 is 5.32 Å². The van der Waals surface area contributed by atoms with Crippen LogP contribution >= 0.6 is 0 Å². The highest BCUT2D eigenvalue weighted by Crippen LogP contribution is 2.00. The summed E-state index contributed by atoms with van der Waals surface area (Å²) in [4.78, 5) is 15.7. The Kier molecular flexibility index (Phi) is 4.87. The first-order valence-corrected chi connectivity index (χ1v) is 5.54. The van der Waals surface area contributed by atoms with Gasteiger partial charge in [-0.2, -0.15) is 0 Å². The molecule has 0 saturated heterocycles. The molecule has 84 valence electrons. The summed E-state index contributed by atoms with van der Waals surface area (Å²) in [5.74, 6) is 1.05. The maximum Gasteiger partial charge on any atom is 0.239 e. The van der Waals surface area contributed by atoms with Crippen LogP contribution in [-0.2, 0) is 17.8 Å². The molecule has 4 heteroatoms. The summed E-state index contributed by atoms with van der Waals surface area (Å²) >= 11 is 0. The number of nitrogens with one attached hydrogen (secondary N) is 1. The Hall–Kier alpha value is -1.32. The molecule has 0 aliphatic heterocycles. The van der Waals surface area contributed by atoms with Gasteiger partial charge in [0.1, 0.15) is 12.4 Å². The van der Waals surface area contributed by atoms with Crippen molar-refractivity contribution in [3.63, 3.8) is 0 Å². The van der Waals surface area contributed by atoms with Crippen molar-refractivity contribution in [1.29, 1.82) is 0 Å². The van der Waals surface area contributed by atoms with E-state index in [2.05, 4.69) is 17.2 Å². The van der Waals surface area contributed by atoms with Crippen LogP contribution in [0.2, 0.25) is 0 Å². The van der Waals surface area contributed by atoms with Crippen LogP contribution in [-0.4, -0.2) is 22.0 Å². The van der Waals surface area contributed by atoms with Crippen molar-refractivity contribution in [1.82, 2.24) is 14.9 Å². The molecule has 1 heterocycles. The average molecular weight is 209 g/mol. The Labute approximate surface area is 90.7 Å². The van der Waals surface area contributed by atoms with Gasteiger partial charge in [-0.05, 0) is 12.8 Å². The molecular formula is C11H19N3O. The minimum Gasteiger partial charge on any atom is -0.355 e. The number of hydrogen-bond acceptors (Lipinski definition) is 2. The fourth-order valence-electron chi connectivity index (χ4n) is 1.41. The van der Waals surface area contributed by atoms with Crippen LogP contribution in [0.5, 0.6) is 0 Å². The fraction of sp³-hybridized carbons (Fsp3) is 0.636. The molecule has 0 aromatic carbocycles. The second kappa shape index (κ2) is 6.22. The van der Waals surface area contributed by atoms with Crippen molar-refractivity contribution in [3.05, 3.63) is 18.2 Å². The summed E-state index contributed by atoms with van der Waals surface area (Å²) in [7, 11) is 0. The van der Waals surface area contributed by atoms with Gasteiger partial charge in [0.05, 0.1) is 0 Å². The molecular weight excluding hydrogens is 190 g/mol. The summed E-state index contributed by atoms with van der Waals surface area (Å²) in [5.41, 5.74) is 0. The molecule has 0 unspecified atom stereocenters. The molecule has 0 aliphatic rings. The monoisotopic (exact) mass is 209 g/mol. The van der Waals surface area contributed by atoms with Gasteiger partial charge in [0.25, 0.3) is 0 Å². The van der Waals surface area contributed by atoms with Crippen LogP contribution in [0.1, 0.15) is 32.5 Å². The topological polar surface area (TPSA) is 46.9 Å². The third-order valence-electron chi connectivity index (χ3n) is 2.16. The average Bonchev–Trinajstić information content (AvgIpc) is 2.63. The van der Waals surface area contributed by atoms with Gasteiger partial charge >= 0.3 is 0 Å². The van der Waals surface area contributed by atoms with Crippen molar-refractivity contribution in [2.75, 3.05) is 6.54 Å². The van der Waals surface area contributed by atoms with E-state index < -0.39 is 0 Å². The second-order valence-corrected chi connectivity index (χ2v) is 3.57. The minimum atomic E-state index is 0.0622. The zero-order valence-corrected chi connectivity index (χ0v) is 9.49. The van der Waals surface area contributed by atoms with E-state index in [1.807, 2.05) is 17.7 Å². The summed E-state index contributed by atoms with van der Waals surface area (Å²) in [6.07, 6.45) is 6.55. The number of imidazole rings is 1. The normalized spacial score (nSPS) is 10.3. The van der Waals surface area contributed by atoms with Crippen molar-refractivity contribution in [3.8, 4) is 0 Å². The molecule has 0 bridgehead atoms. The van der Waals surface area contributed by atoms with E-state index in [0.717, 1.165) is 31.6 Å². The highest BCUT2D eigenvalue weighted by atomic mass is 16.1. The first-order valence-electron chi connectivity index (χ1n) is 5.54. The first kappa shape index (κ1) is 11.8. The maximum atomic E-state index is 11.5. The lowest BCUT2D eigenvalue weighted by Gasteiger charge is -2.07. The quantitative estimate of drug-likeness (QED) is 0.769. The van der Waals surface area contributed by atoms with Crippen molar-refractivity contribution >= 4 is 5.91 Å². The summed E-state index contributed by atoms with van der Waals surface area (Å²) < 4.78 is 1.91. The lowest BCUT2D eigenvalue weighted by atomic mass is 10.3. The van der Waals surface area contributed by atoms with E-state index in [4.69, 9.17) is 0 Å². The zero-order chi connectivity index (χ0) is 11.1. The van der Waals surface area contributed by atoms with Crippen LogP contribution in [0.3, 0.4) is 0 Å². The number of carbonyl (C=O) groups is 1. The standard InChI is InChI=1S/C11H19N3O/c1-3-5-10-12-7-8-14(10)9-11(15)13-6-4-2/h7-8H,3-6,9H2,1-2H3,(H,13,15). The first-order chi connectivity index (χ1) is 7.27. The van der Waals surface area contributed by atoms with Gasteiger partial charge in [0.2, 0.25) is 5.91 Å². The Bertz CT molecular complexity index is 307. The van der Waals surface area contributed by atoms with E-state index in [-0.39, 0.29) is 5.91 Å². The highest BCUT2D eigenvalue weighted by molar-refractivity contribution is 5.75. The number of aryl methyl sites for hydroxylation is 1. The van der Waals surface area contributed by atoms with Crippen LogP contribution in [0.4, 0.5) is 0 Å². The number of rotatable bonds is 6. The van der Waals surface area contributed by atoms with Gasteiger partial charge in [0.15, 0.2) is 0 Å². The largest absolute Gasteiger partial charge is 0.355 e. The molecule has 1 aromatic heterocycles. The Balaban J connectivity index is 2.48. The zero-order valence-electron chi connectivity index (χ0n) is 9.49. The van der Waals surface area contributed by atoms with Gasteiger partial charge in [0, 0.05) is 25.4 Å². The van der Waals surface area contributed by atoms with Crippen LogP contribution in [0.15, 0.2) is 12.4 Å². The van der Waals surface area contributed by atoms with Gasteiger partial charge in [-0.25, -0.2) is 4.98 Å². The highest BCUT2D eigenvalue weighted by Gasteiger charge is 2.05. The molecule has 0 atom stereocenters. The second-order valence-electron chi connectivity index (χ2n) is 3.57. The molecule has 1 N–H and O–H groups in total. The lowest BCUT2D eigenvalue weighted by Crippen LogP contribution is -2.28. The summed E-state index contributed by atoms with van der Waals surface area (Å²) in [6.45, 7) is 5.28. The number of hydrogen-bond donors (Lipinski definition) is 1. The molecule has 1 rings (SSSR count). The number of nitrogens with zero attached hydrogens (tertiary/aromatic N) is 2. The fourth-order valence-corrected chi connectivity index (χ4v) is 1.41. The number of amides is 1. The molecule has 0 saturated carbocycles. The predicted octanol–water partition coefficient (Wildman–Crippen LogP) is 1.36. The molecule has 4 nitrogen and oxygen atoms in total. The van der Waals surface area contributed by atoms with E-state index in [9.17, 15) is 4.79 Å². The Morgan fingerprint density at radius 1 is 1.47 bits per heavy atom. The van der Waals surface area contributed by atoms with Crippen molar-refractivity contribution in [2.45, 2.75) is 39.7 Å². The molecule has 1 aromatic rings. The molecule has 0 radical (unpaired) electrons. The minimum absolute atomic E-state index is 0.0622. The van der Waals surface area contributed by atoms with E-state index in [1.54, 1.807) is 6.20 Å². The Morgan fingerprint density at radius 3 is 2.93 bits per heavy atom. The molecule has 1 amide bonds. The van der Waals surface area contributed by atoms with Gasteiger partial charge in [-0.1, -0.05) is 13.8 Å². The molecule has 0 aliphatic carbocycles. The molecule has 15 heavy (non-hydrogen) atoms. The smallest absolute Gasteiger partial charge is 0.239 e. The van der Waals surface area contributed by atoms with E-state index in [1.165, 1.54) is 0 Å². The predicted molar refractivity (Wildman–Crippen MR) is 59.5 cm³/mol. The molecule has 0 fully saturated rings. The lowest BCUT2D eigenvalue weighted by molar-refractivity contribution is -0.121. The number of aromatic nitrogens is 2. The van der Waals surface area contributed by atoms with Gasteiger partial charge in [-0.3, -0.25) is 4.79 Å². The number of carbonyl (C=O) groups excluding carboxylic acids is 1. The summed E-state index contributed by atoms with van der Waals surface area (Å²) in [5, 5.41) is 2.85. The Morgan fingerprint density at radius 2 is 2.27 bits per heavy atom. The summed E-state index contributed by atoms with van der Waals surface area (Å²) in [6, 6.07) is 0. The maximum absolute atomic E-state index is 11.5. The van der Waals surface area contributed by atoms with E-state index in [0.29, 0.717) is 6.54 Å². The van der Waals surface area contributed by atoms with Crippen LogP contribution in [0.25, 0.3) is 0 Å². The van der Waals surface area contributed by atoms with Gasteiger partial charge < -0.3 is 9.88 Å². The van der Waals surface area contributed by atoms with Crippen LogP contribution in [0, 0.1) is 0 Å². The van der Waals surface area contributed by atoms with Crippen molar-refractivity contribution in [2.24, 2.45) is 0 Å². The van der Waals surface area contributed by atoms with E-state index >= 15 is 0 Å². The third kappa shape index (κ3) is 3.73.